The van der Waals surface area contributed by atoms with E-state index in [0.717, 1.165) is 32.4 Å². The van der Waals surface area contributed by atoms with Crippen molar-refractivity contribution < 1.29 is 13.2 Å². The monoisotopic (exact) mass is 466 g/mol. The van der Waals surface area contributed by atoms with Gasteiger partial charge in [-0.25, -0.2) is 23.1 Å². The zero-order valence-corrected chi connectivity index (χ0v) is 18.6. The summed E-state index contributed by atoms with van der Waals surface area (Å²) in [6, 6.07) is 10.2. The number of hydrogen-bond donors (Lipinski definition) is 2. The Hall–Kier alpha value is -3.46. The largest absolute Gasteiger partial charge is 0.350 e. The number of benzene rings is 2. The molecule has 176 valence electrons. The number of imidazole rings is 1. The predicted molar refractivity (Wildman–Crippen MR) is 125 cm³/mol. The zero-order valence-electron chi connectivity index (χ0n) is 18.6. The zero-order chi connectivity index (χ0) is 23.5. The van der Waals surface area contributed by atoms with Crippen LogP contribution in [0, 0.1) is 23.4 Å². The predicted octanol–water partition coefficient (Wildman–Crippen LogP) is 4.91. The Balaban J connectivity index is 1.50. The van der Waals surface area contributed by atoms with E-state index in [2.05, 4.69) is 25.6 Å². The third-order valence-electron chi connectivity index (χ3n) is 6.23. The van der Waals surface area contributed by atoms with E-state index in [-0.39, 0.29) is 29.7 Å². The molecule has 1 aliphatic heterocycles. The van der Waals surface area contributed by atoms with Gasteiger partial charge in [-0.15, -0.1) is 0 Å². The summed E-state index contributed by atoms with van der Waals surface area (Å²) in [5.74, 6) is -0.736. The minimum atomic E-state index is -0.679. The number of nitrogens with one attached hydrogen (secondary N) is 2. The first kappa shape index (κ1) is 22.3. The van der Waals surface area contributed by atoms with Gasteiger partial charge in [-0.1, -0.05) is 24.3 Å². The average Bonchev–Trinajstić information content (AvgIpc) is 3.20. The van der Waals surface area contributed by atoms with Crippen LogP contribution < -0.4 is 10.6 Å². The summed E-state index contributed by atoms with van der Waals surface area (Å²) in [7, 11) is 0. The molecular weight excluding hydrogens is 441 g/mol. The van der Waals surface area contributed by atoms with Gasteiger partial charge in [0.15, 0.2) is 5.65 Å². The number of aromatic nitrogens is 4. The van der Waals surface area contributed by atoms with Crippen molar-refractivity contribution >= 4 is 17.1 Å². The minimum Gasteiger partial charge on any atom is -0.350 e. The first-order chi connectivity index (χ1) is 16.6. The van der Waals surface area contributed by atoms with E-state index in [4.69, 9.17) is 0 Å². The Labute approximate surface area is 195 Å². The van der Waals surface area contributed by atoms with E-state index in [1.54, 1.807) is 22.8 Å². The van der Waals surface area contributed by atoms with Crippen LogP contribution in [0.5, 0.6) is 0 Å². The van der Waals surface area contributed by atoms with Crippen molar-refractivity contribution in [2.45, 2.75) is 32.4 Å². The van der Waals surface area contributed by atoms with Gasteiger partial charge >= 0.3 is 0 Å². The lowest BCUT2D eigenvalue weighted by Crippen LogP contribution is -2.30. The van der Waals surface area contributed by atoms with Gasteiger partial charge in [0.1, 0.15) is 28.8 Å². The minimum absolute atomic E-state index is 0.178. The highest BCUT2D eigenvalue weighted by atomic mass is 19.1. The van der Waals surface area contributed by atoms with Crippen LogP contribution in [0.25, 0.3) is 22.6 Å². The van der Waals surface area contributed by atoms with Gasteiger partial charge < -0.3 is 15.2 Å². The van der Waals surface area contributed by atoms with Crippen LogP contribution >= 0.6 is 0 Å². The van der Waals surface area contributed by atoms with Gasteiger partial charge in [0, 0.05) is 18.7 Å². The fraction of sp³-hybridized carbons (Fsp3) is 0.320. The highest BCUT2D eigenvalue weighted by Crippen LogP contribution is 2.30. The van der Waals surface area contributed by atoms with Gasteiger partial charge in [-0.3, -0.25) is 0 Å². The SMILES string of the molecule is Fc1ccccc1CNc1ncc2nc(-c3c(F)cccc3F)n(CCC3CCCNC3)c2n1. The summed E-state index contributed by atoms with van der Waals surface area (Å²) in [4.78, 5) is 13.4. The maximum absolute atomic E-state index is 14.7. The number of halogens is 3. The van der Waals surface area contributed by atoms with Crippen molar-refractivity contribution in [3.05, 3.63) is 71.7 Å². The van der Waals surface area contributed by atoms with Crippen LogP contribution in [-0.2, 0) is 13.1 Å². The van der Waals surface area contributed by atoms with Gasteiger partial charge in [0.05, 0.1) is 11.8 Å². The second kappa shape index (κ2) is 9.80. The molecule has 1 fully saturated rings. The second-order valence-corrected chi connectivity index (χ2v) is 8.53. The molecule has 2 N–H and O–H groups in total. The summed E-state index contributed by atoms with van der Waals surface area (Å²) in [6.07, 6.45) is 4.56. The maximum atomic E-state index is 14.7. The molecule has 0 radical (unpaired) electrons. The van der Waals surface area contributed by atoms with Crippen LogP contribution in [0.4, 0.5) is 19.1 Å². The molecule has 34 heavy (non-hydrogen) atoms. The first-order valence-corrected chi connectivity index (χ1v) is 11.5. The topological polar surface area (TPSA) is 67.7 Å². The van der Waals surface area contributed by atoms with Crippen molar-refractivity contribution in [1.82, 2.24) is 24.8 Å². The van der Waals surface area contributed by atoms with Crippen LogP contribution in [0.2, 0.25) is 0 Å². The van der Waals surface area contributed by atoms with E-state index >= 15 is 0 Å². The van der Waals surface area contributed by atoms with E-state index < -0.39 is 11.6 Å². The molecule has 6 nitrogen and oxygen atoms in total. The number of fused-ring (bicyclic) bond motifs is 1. The molecular formula is C25H25F3N6. The van der Waals surface area contributed by atoms with Gasteiger partial charge in [-0.2, -0.15) is 4.98 Å². The van der Waals surface area contributed by atoms with Crippen LogP contribution in [0.1, 0.15) is 24.8 Å². The van der Waals surface area contributed by atoms with Crippen molar-refractivity contribution in [3.63, 3.8) is 0 Å². The highest BCUT2D eigenvalue weighted by molar-refractivity contribution is 5.77. The lowest BCUT2D eigenvalue weighted by atomic mass is 9.96. The Kier molecular flexibility index (Phi) is 6.44. The maximum Gasteiger partial charge on any atom is 0.225 e. The molecule has 0 bridgehead atoms. The van der Waals surface area contributed by atoms with E-state index in [0.29, 0.717) is 29.2 Å². The Morgan fingerprint density at radius 1 is 1.00 bits per heavy atom. The third-order valence-corrected chi connectivity index (χ3v) is 6.23. The highest BCUT2D eigenvalue weighted by Gasteiger charge is 2.22. The summed E-state index contributed by atoms with van der Waals surface area (Å²) < 4.78 is 45.1. The molecule has 0 amide bonds. The summed E-state index contributed by atoms with van der Waals surface area (Å²) in [5, 5.41) is 6.44. The number of anilines is 1. The number of rotatable bonds is 7. The smallest absolute Gasteiger partial charge is 0.225 e. The summed E-state index contributed by atoms with van der Waals surface area (Å²) >= 11 is 0. The first-order valence-electron chi connectivity index (χ1n) is 11.5. The van der Waals surface area contributed by atoms with Crippen molar-refractivity contribution in [1.29, 1.82) is 0 Å². The van der Waals surface area contributed by atoms with Gasteiger partial charge in [0.25, 0.3) is 0 Å². The molecule has 3 heterocycles. The molecule has 1 saturated heterocycles. The lowest BCUT2D eigenvalue weighted by molar-refractivity contribution is 0.343. The lowest BCUT2D eigenvalue weighted by Gasteiger charge is -2.23. The number of aryl methyl sites for hydroxylation is 1. The van der Waals surface area contributed by atoms with E-state index in [1.807, 2.05) is 0 Å². The van der Waals surface area contributed by atoms with Crippen LogP contribution in [0.15, 0.2) is 48.7 Å². The van der Waals surface area contributed by atoms with Gasteiger partial charge in [0.2, 0.25) is 5.95 Å². The molecule has 5 rings (SSSR count). The fourth-order valence-electron chi connectivity index (χ4n) is 4.42. The molecule has 1 aliphatic rings. The number of nitrogens with zero attached hydrogens (tertiary/aromatic N) is 4. The average molecular weight is 467 g/mol. The standard InChI is InChI=1S/C25H25F3N6/c26-18-7-2-1-6-17(18)14-30-25-31-15-21-23(33-25)34(12-10-16-5-4-11-29-13-16)24(32-21)22-19(27)8-3-9-20(22)28/h1-3,6-9,15-16,29H,4-5,10-14H2,(H,30,31,33). The summed E-state index contributed by atoms with van der Waals surface area (Å²) in [5.41, 5.74) is 1.23. The van der Waals surface area contributed by atoms with Crippen molar-refractivity contribution in [2.75, 3.05) is 18.4 Å². The van der Waals surface area contributed by atoms with Crippen molar-refractivity contribution in [3.8, 4) is 11.4 Å². The van der Waals surface area contributed by atoms with Crippen LogP contribution in [0.3, 0.4) is 0 Å². The quantitative estimate of drug-likeness (QED) is 0.405. The third kappa shape index (κ3) is 4.61. The molecule has 2 aromatic carbocycles. The number of piperidine rings is 1. The molecule has 9 heteroatoms. The molecule has 1 unspecified atom stereocenters. The molecule has 2 aromatic heterocycles. The normalized spacial score (nSPS) is 16.1. The van der Waals surface area contributed by atoms with Gasteiger partial charge in [-0.05, 0) is 56.5 Å². The van der Waals surface area contributed by atoms with E-state index in [9.17, 15) is 13.2 Å². The Morgan fingerprint density at radius 2 is 1.79 bits per heavy atom. The van der Waals surface area contributed by atoms with Crippen LogP contribution in [-0.4, -0.2) is 32.6 Å². The Bertz CT molecular complexity index is 1280. The molecule has 0 spiro atoms. The second-order valence-electron chi connectivity index (χ2n) is 8.53. The van der Waals surface area contributed by atoms with E-state index in [1.165, 1.54) is 30.5 Å². The molecule has 0 aliphatic carbocycles. The molecule has 0 saturated carbocycles. The molecule has 1 atom stereocenters. The number of hydrogen-bond acceptors (Lipinski definition) is 5. The van der Waals surface area contributed by atoms with Crippen molar-refractivity contribution in [2.24, 2.45) is 5.92 Å². The Morgan fingerprint density at radius 3 is 2.56 bits per heavy atom. The summed E-state index contributed by atoms with van der Waals surface area (Å²) in [6.45, 7) is 2.64. The molecule has 4 aromatic rings. The fourth-order valence-corrected chi connectivity index (χ4v) is 4.42.